The summed E-state index contributed by atoms with van der Waals surface area (Å²) in [5.41, 5.74) is 0.647. The molecule has 2 aliphatic rings. The average molecular weight is 545 g/mol. The van der Waals surface area contributed by atoms with Gasteiger partial charge in [0.15, 0.2) is 0 Å². The molecule has 38 heavy (non-hydrogen) atoms. The van der Waals surface area contributed by atoms with Gasteiger partial charge in [-0.25, -0.2) is 9.59 Å². The summed E-state index contributed by atoms with van der Waals surface area (Å²) in [6.45, 7) is 3.19. The molecule has 13 nitrogen and oxygen atoms in total. The van der Waals surface area contributed by atoms with Crippen LogP contribution in [0.3, 0.4) is 0 Å². The number of hydrogen-bond acceptors (Lipinski definition) is 9. The molecule has 2 saturated heterocycles. The Bertz CT molecular complexity index is 1280. The number of benzene rings is 2. The first-order chi connectivity index (χ1) is 17.9. The molecule has 4 rings (SSSR count). The highest BCUT2D eigenvalue weighted by Gasteiger charge is 2.64. The predicted molar refractivity (Wildman–Crippen MR) is 133 cm³/mol. The van der Waals surface area contributed by atoms with Gasteiger partial charge < -0.3 is 30.5 Å². The molecule has 2 heterocycles. The van der Waals surface area contributed by atoms with Crippen LogP contribution in [0.5, 0.6) is 5.75 Å². The molecule has 0 bridgehead atoms. The number of rotatable bonds is 8. The second kappa shape index (κ2) is 10.2. The van der Waals surface area contributed by atoms with Gasteiger partial charge in [0.25, 0.3) is 5.69 Å². The summed E-state index contributed by atoms with van der Waals surface area (Å²) in [5, 5.41) is 34.4. The number of thioether (sulfide) groups is 1. The minimum Gasteiger partial charge on any atom is -0.508 e. The van der Waals surface area contributed by atoms with E-state index >= 15 is 0 Å². The molecule has 4 unspecified atom stereocenters. The number of β-lactam (4-membered cyclic amide) rings is 1. The number of aliphatic carboxylic acids is 1. The van der Waals surface area contributed by atoms with E-state index in [0.29, 0.717) is 11.1 Å². The molecule has 3 amide bonds. The summed E-state index contributed by atoms with van der Waals surface area (Å²) >= 11 is 1.26. The van der Waals surface area contributed by atoms with Crippen molar-refractivity contribution in [2.75, 3.05) is 0 Å². The van der Waals surface area contributed by atoms with Gasteiger partial charge in [-0.3, -0.25) is 19.7 Å². The van der Waals surface area contributed by atoms with Crippen LogP contribution < -0.4 is 10.6 Å². The lowest BCUT2D eigenvalue weighted by atomic mass is 9.95. The van der Waals surface area contributed by atoms with Crippen molar-refractivity contribution >= 4 is 41.3 Å². The van der Waals surface area contributed by atoms with E-state index in [9.17, 15) is 39.5 Å². The maximum atomic E-state index is 13.2. The number of hydrogen-bond donors (Lipinski definition) is 4. The van der Waals surface area contributed by atoms with Crippen molar-refractivity contribution in [3.8, 4) is 5.75 Å². The van der Waals surface area contributed by atoms with Crippen LogP contribution in [0.15, 0.2) is 48.5 Å². The number of alkyl carbamates (subject to hydrolysis) is 1. The molecule has 4 atom stereocenters. The van der Waals surface area contributed by atoms with E-state index in [-0.39, 0.29) is 18.0 Å². The Kier molecular flexibility index (Phi) is 7.18. The van der Waals surface area contributed by atoms with Crippen LogP contribution in [-0.2, 0) is 25.7 Å². The van der Waals surface area contributed by atoms with E-state index in [1.165, 1.54) is 65.2 Å². The van der Waals surface area contributed by atoms with E-state index < -0.39 is 57.0 Å². The zero-order valence-corrected chi connectivity index (χ0v) is 21.0. The lowest BCUT2D eigenvalue weighted by molar-refractivity contribution is -0.384. The largest absolute Gasteiger partial charge is 0.508 e. The van der Waals surface area contributed by atoms with Gasteiger partial charge in [0, 0.05) is 16.9 Å². The molecular weight excluding hydrogens is 520 g/mol. The zero-order chi connectivity index (χ0) is 27.8. The van der Waals surface area contributed by atoms with Crippen LogP contribution >= 0.6 is 11.8 Å². The molecule has 14 heteroatoms. The molecule has 0 radical (unpaired) electrons. The molecule has 0 aliphatic carbocycles. The Morgan fingerprint density at radius 2 is 1.79 bits per heavy atom. The number of nitro groups is 1. The first-order valence-corrected chi connectivity index (χ1v) is 12.3. The Labute approximate surface area is 220 Å². The second-order valence-electron chi connectivity index (χ2n) is 9.25. The van der Waals surface area contributed by atoms with Crippen molar-refractivity contribution in [1.29, 1.82) is 0 Å². The summed E-state index contributed by atoms with van der Waals surface area (Å²) in [5.74, 6) is -2.48. The lowest BCUT2D eigenvalue weighted by Crippen LogP contribution is -2.71. The van der Waals surface area contributed by atoms with Crippen molar-refractivity contribution in [3.63, 3.8) is 0 Å². The normalized spacial score (nSPS) is 22.0. The Morgan fingerprint density at radius 1 is 1.16 bits per heavy atom. The highest BCUT2D eigenvalue weighted by Crippen LogP contribution is 2.50. The zero-order valence-electron chi connectivity index (χ0n) is 20.2. The number of non-ortho nitro benzene ring substituents is 1. The van der Waals surface area contributed by atoms with Gasteiger partial charge in [-0.2, -0.15) is 0 Å². The maximum Gasteiger partial charge on any atom is 0.408 e. The number of nitrogens with one attached hydrogen (secondary N) is 2. The summed E-state index contributed by atoms with van der Waals surface area (Å²) in [6, 6.07) is 7.51. The minimum atomic E-state index is -1.31. The van der Waals surface area contributed by atoms with Crippen LogP contribution in [0.2, 0.25) is 0 Å². The van der Waals surface area contributed by atoms with Gasteiger partial charge >= 0.3 is 12.1 Å². The highest BCUT2D eigenvalue weighted by atomic mass is 32.2. The fourth-order valence-electron chi connectivity index (χ4n) is 4.37. The van der Waals surface area contributed by atoms with Crippen molar-refractivity contribution in [2.24, 2.45) is 0 Å². The maximum absolute atomic E-state index is 13.2. The molecule has 0 saturated carbocycles. The quantitative estimate of drug-likeness (QED) is 0.217. The third-order valence-corrected chi connectivity index (χ3v) is 7.81. The number of phenolic OH excluding ortho intramolecular Hbond substituents is 1. The minimum absolute atomic E-state index is 0.0669. The van der Waals surface area contributed by atoms with Gasteiger partial charge in [-0.15, -0.1) is 11.8 Å². The number of nitro benzene ring substituents is 1. The number of carboxylic acid groups (broad SMARTS) is 1. The van der Waals surface area contributed by atoms with Gasteiger partial charge in [-0.05, 0) is 49.2 Å². The van der Waals surface area contributed by atoms with Crippen molar-refractivity contribution in [1.82, 2.24) is 15.5 Å². The standard InChI is InChI=1S/C24H24N4O9S/c1-24(2)18(22(32)33)27-20(31)17(21(27)38-24)25-19(30)16(13-5-9-15(29)10-6-13)26-23(34)37-11-12-3-7-14(8-4-12)28(35)36/h3-10,16-18,21,29H,11H2,1-2H3,(H,25,30)(H,26,34)(H,32,33). The van der Waals surface area contributed by atoms with Crippen LogP contribution in [0.25, 0.3) is 0 Å². The van der Waals surface area contributed by atoms with Crippen molar-refractivity contribution < 1.29 is 39.1 Å². The molecule has 200 valence electrons. The fraction of sp³-hybridized carbons (Fsp3) is 0.333. The Morgan fingerprint density at radius 3 is 2.37 bits per heavy atom. The molecule has 0 spiro atoms. The van der Waals surface area contributed by atoms with E-state index in [1.54, 1.807) is 13.8 Å². The molecule has 2 fully saturated rings. The topological polar surface area (TPSA) is 188 Å². The third-order valence-electron chi connectivity index (χ3n) is 6.24. The van der Waals surface area contributed by atoms with Crippen molar-refractivity contribution in [2.45, 2.75) is 48.7 Å². The number of nitrogens with zero attached hydrogens (tertiary/aromatic N) is 2. The molecule has 2 aliphatic heterocycles. The lowest BCUT2D eigenvalue weighted by Gasteiger charge is -2.44. The van der Waals surface area contributed by atoms with E-state index in [1.807, 2.05) is 0 Å². The number of aromatic hydroxyl groups is 1. The van der Waals surface area contributed by atoms with Crippen LogP contribution in [0.4, 0.5) is 10.5 Å². The Balaban J connectivity index is 1.45. The van der Waals surface area contributed by atoms with Gasteiger partial charge in [0.1, 0.15) is 35.9 Å². The number of phenols is 1. The first kappa shape index (κ1) is 26.7. The van der Waals surface area contributed by atoms with Gasteiger partial charge in [0.05, 0.1) is 4.92 Å². The fourth-order valence-corrected chi connectivity index (χ4v) is 6.00. The van der Waals surface area contributed by atoms with Gasteiger partial charge in [0.2, 0.25) is 11.8 Å². The summed E-state index contributed by atoms with van der Waals surface area (Å²) in [6.07, 6.45) is -0.972. The number of fused-ring (bicyclic) bond motifs is 1. The number of carbonyl (C=O) groups is 4. The SMILES string of the molecule is CC1(C)SC2C(NC(=O)C(NC(=O)OCc3ccc([N+](=O)[O-])cc3)c3ccc(O)cc3)C(=O)N2C1C(=O)O. The van der Waals surface area contributed by atoms with Crippen LogP contribution in [0, 0.1) is 10.1 Å². The number of ether oxygens (including phenoxy) is 1. The smallest absolute Gasteiger partial charge is 0.408 e. The van der Waals surface area contributed by atoms with E-state index in [2.05, 4.69) is 10.6 Å². The molecule has 2 aromatic carbocycles. The number of carboxylic acids is 1. The van der Waals surface area contributed by atoms with Gasteiger partial charge in [-0.1, -0.05) is 12.1 Å². The molecular formula is C24H24N4O9S. The van der Waals surface area contributed by atoms with Crippen LogP contribution in [0.1, 0.15) is 31.0 Å². The Hall–Kier alpha value is -4.33. The number of carbonyl (C=O) groups excluding carboxylic acids is 3. The monoisotopic (exact) mass is 544 g/mol. The molecule has 0 aromatic heterocycles. The van der Waals surface area contributed by atoms with E-state index in [0.717, 1.165) is 0 Å². The summed E-state index contributed by atoms with van der Waals surface area (Å²) < 4.78 is 4.39. The second-order valence-corrected chi connectivity index (χ2v) is 11.0. The first-order valence-electron chi connectivity index (χ1n) is 11.4. The number of amides is 3. The molecule has 4 N–H and O–H groups in total. The average Bonchev–Trinajstić information content (AvgIpc) is 3.13. The van der Waals surface area contributed by atoms with E-state index in [4.69, 9.17) is 4.74 Å². The van der Waals surface area contributed by atoms with Crippen LogP contribution in [-0.4, -0.2) is 66.1 Å². The summed E-state index contributed by atoms with van der Waals surface area (Å²) in [7, 11) is 0. The highest BCUT2D eigenvalue weighted by molar-refractivity contribution is 8.01. The summed E-state index contributed by atoms with van der Waals surface area (Å²) in [4.78, 5) is 61.8. The predicted octanol–water partition coefficient (Wildman–Crippen LogP) is 1.90. The molecule has 2 aromatic rings. The third kappa shape index (κ3) is 5.20. The van der Waals surface area contributed by atoms with Crippen molar-refractivity contribution in [3.05, 3.63) is 69.8 Å².